The van der Waals surface area contributed by atoms with Crippen LogP contribution in [0.3, 0.4) is 0 Å². The van der Waals surface area contributed by atoms with Crippen LogP contribution in [0.5, 0.6) is 0 Å². The van der Waals surface area contributed by atoms with Gasteiger partial charge in [-0.2, -0.15) is 0 Å². The Balaban J connectivity index is 1.77. The van der Waals surface area contributed by atoms with Gasteiger partial charge in [0.15, 0.2) is 0 Å². The third-order valence-electron chi connectivity index (χ3n) is 5.19. The number of ether oxygens (including phenoxy) is 1. The largest absolute Gasteiger partial charge is 0.378 e. The van der Waals surface area contributed by atoms with E-state index in [0.717, 1.165) is 44.1 Å². The van der Waals surface area contributed by atoms with Gasteiger partial charge in [0.2, 0.25) is 0 Å². The first-order valence-electron chi connectivity index (χ1n) is 8.22. The summed E-state index contributed by atoms with van der Waals surface area (Å²) in [5.41, 5.74) is 0. The van der Waals surface area contributed by atoms with E-state index < -0.39 is 0 Å². The van der Waals surface area contributed by atoms with Gasteiger partial charge in [-0.15, -0.1) is 0 Å². The van der Waals surface area contributed by atoms with Crippen LogP contribution in [-0.2, 0) is 9.53 Å². The van der Waals surface area contributed by atoms with Gasteiger partial charge in [0.05, 0.1) is 6.10 Å². The van der Waals surface area contributed by atoms with Crippen molar-refractivity contribution in [1.82, 2.24) is 0 Å². The molecule has 2 heteroatoms. The highest BCUT2D eigenvalue weighted by Crippen LogP contribution is 2.35. The van der Waals surface area contributed by atoms with E-state index in [9.17, 15) is 4.79 Å². The minimum absolute atomic E-state index is 0.304. The highest BCUT2D eigenvalue weighted by molar-refractivity contribution is 5.82. The van der Waals surface area contributed by atoms with Crippen molar-refractivity contribution < 1.29 is 9.53 Å². The van der Waals surface area contributed by atoms with E-state index in [1.807, 2.05) is 0 Å². The van der Waals surface area contributed by atoms with Crippen LogP contribution in [0.25, 0.3) is 0 Å². The fraction of sp³-hybridized carbons (Fsp3) is 0.941. The van der Waals surface area contributed by atoms with Crippen LogP contribution in [0, 0.1) is 23.7 Å². The van der Waals surface area contributed by atoms with Crippen LogP contribution in [0.1, 0.15) is 65.7 Å². The second-order valence-corrected chi connectivity index (χ2v) is 7.08. The van der Waals surface area contributed by atoms with Gasteiger partial charge in [0.1, 0.15) is 5.78 Å². The molecule has 2 aliphatic carbocycles. The Kier molecular flexibility index (Phi) is 5.44. The molecule has 2 nitrogen and oxygen atoms in total. The molecule has 19 heavy (non-hydrogen) atoms. The molecule has 0 spiro atoms. The molecule has 0 aliphatic heterocycles. The van der Waals surface area contributed by atoms with Crippen LogP contribution in [0.15, 0.2) is 0 Å². The average Bonchev–Trinajstić information content (AvgIpc) is 2.75. The van der Waals surface area contributed by atoms with Gasteiger partial charge in [-0.05, 0) is 49.9 Å². The molecule has 0 radical (unpaired) electrons. The molecule has 0 aromatic heterocycles. The molecule has 2 saturated carbocycles. The summed E-state index contributed by atoms with van der Waals surface area (Å²) in [5, 5.41) is 0. The Bertz CT molecular complexity index is 298. The number of Topliss-reactive ketones (excluding diaryl/α,β-unsaturated/α-hetero) is 1. The smallest absolute Gasteiger partial charge is 0.136 e. The fourth-order valence-electron chi connectivity index (χ4n) is 3.86. The molecule has 0 aromatic carbocycles. The van der Waals surface area contributed by atoms with Gasteiger partial charge in [0, 0.05) is 18.9 Å². The van der Waals surface area contributed by atoms with Crippen LogP contribution >= 0.6 is 0 Å². The molecule has 0 aromatic rings. The quantitative estimate of drug-likeness (QED) is 0.744. The molecule has 2 fully saturated rings. The topological polar surface area (TPSA) is 26.3 Å². The molecule has 0 N–H and O–H groups in total. The van der Waals surface area contributed by atoms with Crippen LogP contribution in [0.2, 0.25) is 0 Å². The minimum atomic E-state index is 0.304. The molecular formula is C17H30O2. The first-order chi connectivity index (χ1) is 9.08. The molecule has 0 heterocycles. The predicted molar refractivity (Wildman–Crippen MR) is 78.0 cm³/mol. The van der Waals surface area contributed by atoms with Gasteiger partial charge in [-0.3, -0.25) is 4.79 Å². The van der Waals surface area contributed by atoms with Gasteiger partial charge in [-0.1, -0.05) is 27.2 Å². The summed E-state index contributed by atoms with van der Waals surface area (Å²) in [6, 6.07) is 0. The monoisotopic (exact) mass is 266 g/mol. The van der Waals surface area contributed by atoms with E-state index in [1.165, 1.54) is 19.3 Å². The maximum absolute atomic E-state index is 11.6. The molecule has 0 amide bonds. The zero-order valence-corrected chi connectivity index (χ0v) is 12.9. The summed E-state index contributed by atoms with van der Waals surface area (Å²) >= 11 is 0. The number of carbonyl (C=O) groups is 1. The summed E-state index contributed by atoms with van der Waals surface area (Å²) in [5.74, 6) is 3.01. The van der Waals surface area contributed by atoms with E-state index >= 15 is 0 Å². The standard InChI is InChI=1S/C17H30O2/c1-12(2)15-8-7-13(3)11-17(15)19-10-9-14-5-4-6-16(14)18/h12-15,17H,4-11H2,1-3H3. The van der Waals surface area contributed by atoms with Crippen molar-refractivity contribution in [3.05, 3.63) is 0 Å². The first kappa shape index (κ1) is 15.0. The Morgan fingerprint density at radius 2 is 2.05 bits per heavy atom. The van der Waals surface area contributed by atoms with Gasteiger partial charge >= 0.3 is 0 Å². The molecular weight excluding hydrogens is 236 g/mol. The lowest BCUT2D eigenvalue weighted by Gasteiger charge is -2.37. The number of hydrogen-bond donors (Lipinski definition) is 0. The maximum Gasteiger partial charge on any atom is 0.136 e. The van der Waals surface area contributed by atoms with E-state index in [1.54, 1.807) is 0 Å². The zero-order chi connectivity index (χ0) is 13.8. The summed E-state index contributed by atoms with van der Waals surface area (Å²) in [6.45, 7) is 7.76. The Labute approximate surface area is 118 Å². The maximum atomic E-state index is 11.6. The molecule has 0 saturated heterocycles. The lowest BCUT2D eigenvalue weighted by atomic mass is 9.75. The van der Waals surface area contributed by atoms with E-state index in [4.69, 9.17) is 4.74 Å². The summed E-state index contributed by atoms with van der Waals surface area (Å²) < 4.78 is 6.19. The van der Waals surface area contributed by atoms with Crippen LogP contribution < -0.4 is 0 Å². The number of hydrogen-bond acceptors (Lipinski definition) is 2. The first-order valence-corrected chi connectivity index (χ1v) is 8.22. The van der Waals surface area contributed by atoms with Crippen LogP contribution in [-0.4, -0.2) is 18.5 Å². The SMILES string of the molecule is CC1CCC(C(C)C)C(OCCC2CCCC2=O)C1. The predicted octanol–water partition coefficient (Wildman–Crippen LogP) is 4.22. The lowest BCUT2D eigenvalue weighted by Crippen LogP contribution is -2.34. The molecule has 2 rings (SSSR count). The third kappa shape index (κ3) is 4.05. The fourth-order valence-corrected chi connectivity index (χ4v) is 3.86. The molecule has 2 aliphatic rings. The van der Waals surface area contributed by atoms with Crippen molar-refractivity contribution in [1.29, 1.82) is 0 Å². The van der Waals surface area contributed by atoms with E-state index in [0.29, 0.717) is 23.7 Å². The molecule has 110 valence electrons. The van der Waals surface area contributed by atoms with Gasteiger partial charge in [0.25, 0.3) is 0 Å². The number of carbonyl (C=O) groups excluding carboxylic acids is 1. The second-order valence-electron chi connectivity index (χ2n) is 7.08. The zero-order valence-electron chi connectivity index (χ0n) is 12.9. The highest BCUT2D eigenvalue weighted by atomic mass is 16.5. The summed E-state index contributed by atoms with van der Waals surface area (Å²) in [7, 11) is 0. The van der Waals surface area contributed by atoms with Crippen molar-refractivity contribution in [2.45, 2.75) is 71.8 Å². The minimum Gasteiger partial charge on any atom is -0.378 e. The van der Waals surface area contributed by atoms with Gasteiger partial charge in [-0.25, -0.2) is 0 Å². The van der Waals surface area contributed by atoms with Crippen molar-refractivity contribution >= 4 is 5.78 Å². The number of ketones is 1. The van der Waals surface area contributed by atoms with Gasteiger partial charge < -0.3 is 4.74 Å². The average molecular weight is 266 g/mol. The molecule has 0 bridgehead atoms. The Morgan fingerprint density at radius 1 is 1.26 bits per heavy atom. The third-order valence-corrected chi connectivity index (χ3v) is 5.19. The van der Waals surface area contributed by atoms with Crippen LogP contribution in [0.4, 0.5) is 0 Å². The number of rotatable bonds is 5. The normalized spacial score (nSPS) is 36.1. The second kappa shape index (κ2) is 6.88. The van der Waals surface area contributed by atoms with Crippen molar-refractivity contribution in [3.63, 3.8) is 0 Å². The lowest BCUT2D eigenvalue weighted by molar-refractivity contribution is -0.121. The van der Waals surface area contributed by atoms with E-state index in [2.05, 4.69) is 20.8 Å². The summed E-state index contributed by atoms with van der Waals surface area (Å²) in [4.78, 5) is 11.6. The van der Waals surface area contributed by atoms with Crippen molar-refractivity contribution in [3.8, 4) is 0 Å². The van der Waals surface area contributed by atoms with Crippen molar-refractivity contribution in [2.24, 2.45) is 23.7 Å². The molecule has 4 unspecified atom stereocenters. The Morgan fingerprint density at radius 3 is 2.68 bits per heavy atom. The van der Waals surface area contributed by atoms with Crippen molar-refractivity contribution in [2.75, 3.05) is 6.61 Å². The summed E-state index contributed by atoms with van der Waals surface area (Å²) in [6.07, 6.45) is 8.25. The highest BCUT2D eigenvalue weighted by Gasteiger charge is 2.32. The Hall–Kier alpha value is -0.370. The molecule has 4 atom stereocenters. The van der Waals surface area contributed by atoms with E-state index in [-0.39, 0.29) is 0 Å².